The molecule has 2 aromatic carbocycles. The number of anilines is 2. The number of hydrogen-bond donors (Lipinski definition) is 3. The van der Waals surface area contributed by atoms with Crippen molar-refractivity contribution in [3.63, 3.8) is 0 Å². The molecule has 178 valence electrons. The fourth-order valence-electron chi connectivity index (χ4n) is 4.31. The van der Waals surface area contributed by atoms with Gasteiger partial charge in [-0.1, -0.05) is 12.1 Å². The molecular weight excluding hydrogens is 436 g/mol. The molecule has 1 aliphatic rings. The lowest BCUT2D eigenvalue weighted by Crippen LogP contribution is -2.34. The maximum Gasteiger partial charge on any atom is 0.270 e. The molecule has 1 amide bonds. The van der Waals surface area contributed by atoms with E-state index in [-0.39, 0.29) is 29.0 Å². The van der Waals surface area contributed by atoms with Crippen molar-refractivity contribution in [3.8, 4) is 5.75 Å². The van der Waals surface area contributed by atoms with Crippen LogP contribution in [-0.4, -0.2) is 52.6 Å². The average molecular weight is 465 g/mol. The van der Waals surface area contributed by atoms with E-state index in [0.29, 0.717) is 12.5 Å². The van der Waals surface area contributed by atoms with Gasteiger partial charge in [0.25, 0.3) is 11.6 Å². The maximum absolute atomic E-state index is 12.5. The Morgan fingerprint density at radius 2 is 1.88 bits per heavy atom. The van der Waals surface area contributed by atoms with E-state index in [0.717, 1.165) is 48.5 Å². The van der Waals surface area contributed by atoms with Crippen molar-refractivity contribution in [2.24, 2.45) is 5.92 Å². The molecule has 3 aromatic rings. The Labute approximate surface area is 197 Å². The standard InChI is InChI=1S/C24H28N6O4/c1-29(2)22-18-5-3-4-6-20(18)27-24(28-22)26-16-9-7-15(8-10-16)14-25-23(32)19-13-17(30(33)34)11-12-21(19)31/h3-6,11-13,15-16,31H,7-10,14H2,1-2H3,(H,25,32)(H,26,27,28). The number of aromatic hydroxyl groups is 1. The van der Waals surface area contributed by atoms with Crippen molar-refractivity contribution < 1.29 is 14.8 Å². The highest BCUT2D eigenvalue weighted by molar-refractivity contribution is 5.97. The van der Waals surface area contributed by atoms with Crippen molar-refractivity contribution in [2.45, 2.75) is 31.7 Å². The first-order chi connectivity index (χ1) is 16.3. The van der Waals surface area contributed by atoms with Gasteiger partial charge in [0.05, 0.1) is 16.0 Å². The zero-order valence-electron chi connectivity index (χ0n) is 19.2. The van der Waals surface area contributed by atoms with Crippen molar-refractivity contribution in [2.75, 3.05) is 30.9 Å². The van der Waals surface area contributed by atoms with Gasteiger partial charge in [0.1, 0.15) is 11.6 Å². The van der Waals surface area contributed by atoms with E-state index in [4.69, 9.17) is 4.98 Å². The predicted octanol–water partition coefficient (Wildman–Crippen LogP) is 3.71. The van der Waals surface area contributed by atoms with Gasteiger partial charge >= 0.3 is 0 Å². The minimum Gasteiger partial charge on any atom is -0.507 e. The molecule has 1 fully saturated rings. The number of hydrogen-bond acceptors (Lipinski definition) is 8. The van der Waals surface area contributed by atoms with Crippen LogP contribution in [0.1, 0.15) is 36.0 Å². The number of fused-ring (bicyclic) bond motifs is 1. The van der Waals surface area contributed by atoms with Crippen LogP contribution in [0.3, 0.4) is 0 Å². The number of rotatable bonds is 7. The minimum atomic E-state index is -0.592. The summed E-state index contributed by atoms with van der Waals surface area (Å²) in [5, 5.41) is 28.1. The van der Waals surface area contributed by atoms with E-state index < -0.39 is 10.8 Å². The lowest BCUT2D eigenvalue weighted by molar-refractivity contribution is -0.384. The summed E-state index contributed by atoms with van der Waals surface area (Å²) >= 11 is 0. The van der Waals surface area contributed by atoms with Crippen LogP contribution >= 0.6 is 0 Å². The summed E-state index contributed by atoms with van der Waals surface area (Å²) in [5.41, 5.74) is 0.571. The van der Waals surface area contributed by atoms with Gasteiger partial charge < -0.3 is 20.6 Å². The number of amides is 1. The molecule has 0 radical (unpaired) electrons. The van der Waals surface area contributed by atoms with Gasteiger partial charge in [0, 0.05) is 44.2 Å². The summed E-state index contributed by atoms with van der Waals surface area (Å²) in [4.78, 5) is 34.2. The molecule has 0 atom stereocenters. The molecule has 3 N–H and O–H groups in total. The summed E-state index contributed by atoms with van der Waals surface area (Å²) in [7, 11) is 3.93. The number of para-hydroxylation sites is 1. The molecule has 34 heavy (non-hydrogen) atoms. The maximum atomic E-state index is 12.5. The first-order valence-corrected chi connectivity index (χ1v) is 11.3. The number of nitrogens with zero attached hydrogens (tertiary/aromatic N) is 4. The van der Waals surface area contributed by atoms with Gasteiger partial charge in [0.2, 0.25) is 5.95 Å². The Balaban J connectivity index is 1.32. The average Bonchev–Trinajstić information content (AvgIpc) is 2.83. The van der Waals surface area contributed by atoms with Gasteiger partial charge in [0.15, 0.2) is 0 Å². The quantitative estimate of drug-likeness (QED) is 0.356. The second-order valence-corrected chi connectivity index (χ2v) is 8.81. The molecule has 0 bridgehead atoms. The van der Waals surface area contributed by atoms with E-state index in [9.17, 15) is 20.0 Å². The number of phenolic OH excluding ortho intramolecular Hbond substituents is 1. The highest BCUT2D eigenvalue weighted by Gasteiger charge is 2.24. The van der Waals surface area contributed by atoms with Crippen LogP contribution in [0.2, 0.25) is 0 Å². The SMILES string of the molecule is CN(C)c1nc(NC2CCC(CNC(=O)c3cc([N+](=O)[O-])ccc3O)CC2)nc2ccccc12. The molecular formula is C24H28N6O4. The van der Waals surface area contributed by atoms with Crippen LogP contribution in [0.25, 0.3) is 10.9 Å². The number of nitro groups is 1. The minimum absolute atomic E-state index is 0.0882. The monoisotopic (exact) mass is 464 g/mol. The van der Waals surface area contributed by atoms with Gasteiger partial charge in [-0.15, -0.1) is 0 Å². The van der Waals surface area contributed by atoms with Crippen LogP contribution in [0.15, 0.2) is 42.5 Å². The Morgan fingerprint density at radius 3 is 2.59 bits per heavy atom. The van der Waals surface area contributed by atoms with E-state index in [1.54, 1.807) is 0 Å². The number of nitrogens with one attached hydrogen (secondary N) is 2. The fraction of sp³-hybridized carbons (Fsp3) is 0.375. The van der Waals surface area contributed by atoms with Gasteiger partial charge in [-0.25, -0.2) is 4.98 Å². The summed E-state index contributed by atoms with van der Waals surface area (Å²) in [5.74, 6) is 0.984. The first kappa shape index (κ1) is 23.2. The fourth-order valence-corrected chi connectivity index (χ4v) is 4.31. The highest BCUT2D eigenvalue weighted by Crippen LogP contribution is 2.29. The van der Waals surface area contributed by atoms with Gasteiger partial charge in [-0.2, -0.15) is 4.98 Å². The Bertz CT molecular complexity index is 1210. The molecule has 1 aliphatic carbocycles. The molecule has 1 aromatic heterocycles. The lowest BCUT2D eigenvalue weighted by Gasteiger charge is -2.29. The van der Waals surface area contributed by atoms with Crippen molar-refractivity contribution in [3.05, 3.63) is 58.1 Å². The van der Waals surface area contributed by atoms with Crippen molar-refractivity contribution in [1.29, 1.82) is 0 Å². The van der Waals surface area contributed by atoms with Crippen LogP contribution in [-0.2, 0) is 0 Å². The van der Waals surface area contributed by atoms with Crippen LogP contribution in [0.5, 0.6) is 5.75 Å². The van der Waals surface area contributed by atoms with Gasteiger partial charge in [-0.05, 0) is 49.8 Å². The molecule has 0 saturated heterocycles. The topological polar surface area (TPSA) is 134 Å². The number of benzene rings is 2. The smallest absolute Gasteiger partial charge is 0.270 e. The third kappa shape index (κ3) is 5.16. The second-order valence-electron chi connectivity index (χ2n) is 8.81. The summed E-state index contributed by atoms with van der Waals surface area (Å²) < 4.78 is 0. The van der Waals surface area contributed by atoms with E-state index in [2.05, 4.69) is 15.6 Å². The number of carbonyl (C=O) groups is 1. The first-order valence-electron chi connectivity index (χ1n) is 11.3. The normalized spacial score (nSPS) is 17.8. The molecule has 1 saturated carbocycles. The van der Waals surface area contributed by atoms with Crippen LogP contribution in [0.4, 0.5) is 17.5 Å². The zero-order chi connectivity index (χ0) is 24.2. The highest BCUT2D eigenvalue weighted by atomic mass is 16.6. The molecule has 0 unspecified atom stereocenters. The van der Waals surface area contributed by atoms with Gasteiger partial charge in [-0.3, -0.25) is 14.9 Å². The molecule has 0 aliphatic heterocycles. The number of phenols is 1. The Kier molecular flexibility index (Phi) is 6.76. The summed E-state index contributed by atoms with van der Waals surface area (Å²) in [6.07, 6.45) is 3.64. The number of carbonyl (C=O) groups excluding carboxylic acids is 1. The predicted molar refractivity (Wildman–Crippen MR) is 130 cm³/mol. The van der Waals surface area contributed by atoms with E-state index >= 15 is 0 Å². The third-order valence-electron chi connectivity index (χ3n) is 6.17. The number of nitro benzene ring substituents is 1. The molecule has 10 nitrogen and oxygen atoms in total. The number of aromatic nitrogens is 2. The third-order valence-corrected chi connectivity index (χ3v) is 6.17. The number of non-ortho nitro benzene ring substituents is 1. The van der Waals surface area contributed by atoms with Crippen molar-refractivity contribution in [1.82, 2.24) is 15.3 Å². The Hall–Kier alpha value is -3.95. The molecule has 4 rings (SSSR count). The largest absolute Gasteiger partial charge is 0.507 e. The summed E-state index contributed by atoms with van der Waals surface area (Å²) in [6.45, 7) is 0.449. The van der Waals surface area contributed by atoms with E-state index in [1.807, 2.05) is 43.3 Å². The lowest BCUT2D eigenvalue weighted by atomic mass is 9.86. The Morgan fingerprint density at radius 1 is 1.15 bits per heavy atom. The zero-order valence-corrected chi connectivity index (χ0v) is 19.2. The van der Waals surface area contributed by atoms with E-state index in [1.165, 1.54) is 12.1 Å². The summed E-state index contributed by atoms with van der Waals surface area (Å²) in [6, 6.07) is 11.6. The van der Waals surface area contributed by atoms with Crippen LogP contribution in [0, 0.1) is 16.0 Å². The molecule has 1 heterocycles. The second kappa shape index (κ2) is 9.90. The molecule has 0 spiro atoms. The van der Waals surface area contributed by atoms with Crippen LogP contribution < -0.4 is 15.5 Å². The molecule has 10 heteroatoms. The van der Waals surface area contributed by atoms with Crippen molar-refractivity contribution >= 4 is 34.3 Å².